The van der Waals surface area contributed by atoms with Crippen molar-refractivity contribution in [2.24, 2.45) is 5.73 Å². The van der Waals surface area contributed by atoms with Crippen LogP contribution in [0.3, 0.4) is 0 Å². The summed E-state index contributed by atoms with van der Waals surface area (Å²) in [5.41, 5.74) is 9.71. The van der Waals surface area contributed by atoms with Gasteiger partial charge < -0.3 is 11.1 Å². The molecule has 2 aromatic rings. The molecule has 0 radical (unpaired) electrons. The van der Waals surface area contributed by atoms with Gasteiger partial charge in [0.15, 0.2) is 0 Å². The summed E-state index contributed by atoms with van der Waals surface area (Å²) in [5.74, 6) is 0.502. The van der Waals surface area contributed by atoms with Crippen LogP contribution >= 0.6 is 0 Å². The van der Waals surface area contributed by atoms with Crippen molar-refractivity contribution in [2.45, 2.75) is 32.2 Å². The minimum absolute atomic E-state index is 0.298. The van der Waals surface area contributed by atoms with Crippen molar-refractivity contribution in [3.8, 4) is 0 Å². The molecule has 0 heterocycles. The maximum Gasteiger partial charge on any atom is 0.0389 e. The van der Waals surface area contributed by atoms with Gasteiger partial charge in [-0.05, 0) is 42.5 Å². The third-order valence-corrected chi connectivity index (χ3v) is 3.68. The van der Waals surface area contributed by atoms with Crippen LogP contribution in [0, 0.1) is 6.92 Å². The number of anilines is 1. The van der Waals surface area contributed by atoms with E-state index in [1.165, 1.54) is 11.1 Å². The lowest BCUT2D eigenvalue weighted by atomic mass is 9.94. The molecule has 2 heteroatoms. The van der Waals surface area contributed by atoms with E-state index in [1.54, 1.807) is 0 Å². The molecule has 2 rings (SSSR count). The van der Waals surface area contributed by atoms with Gasteiger partial charge in [0, 0.05) is 18.3 Å². The van der Waals surface area contributed by atoms with E-state index < -0.39 is 0 Å². The maximum atomic E-state index is 5.92. The van der Waals surface area contributed by atoms with E-state index in [9.17, 15) is 0 Å². The van der Waals surface area contributed by atoms with Crippen LogP contribution in [-0.2, 0) is 0 Å². The van der Waals surface area contributed by atoms with Gasteiger partial charge in [-0.1, -0.05) is 49.4 Å². The summed E-state index contributed by atoms with van der Waals surface area (Å²) in [6.45, 7) is 5.01. The molecule has 2 nitrogen and oxygen atoms in total. The van der Waals surface area contributed by atoms with Gasteiger partial charge in [-0.15, -0.1) is 0 Å². The van der Waals surface area contributed by atoms with Crippen LogP contribution in [0.5, 0.6) is 0 Å². The van der Waals surface area contributed by atoms with E-state index in [4.69, 9.17) is 5.73 Å². The van der Waals surface area contributed by atoms with Gasteiger partial charge in [-0.3, -0.25) is 0 Å². The smallest absolute Gasteiger partial charge is 0.0389 e. The number of hydrogen-bond donors (Lipinski definition) is 2. The van der Waals surface area contributed by atoms with E-state index >= 15 is 0 Å². The number of benzene rings is 2. The Morgan fingerprint density at radius 1 is 1.05 bits per heavy atom. The summed E-state index contributed by atoms with van der Waals surface area (Å²) in [6, 6.07) is 19.4. The molecule has 0 aliphatic rings. The molecule has 0 aliphatic heterocycles. The van der Waals surface area contributed by atoms with Gasteiger partial charge >= 0.3 is 0 Å². The number of hydrogen-bond acceptors (Lipinski definition) is 2. The molecule has 0 amide bonds. The first-order chi connectivity index (χ1) is 9.69. The van der Waals surface area contributed by atoms with Crippen molar-refractivity contribution in [3.05, 3.63) is 65.7 Å². The van der Waals surface area contributed by atoms with Crippen LogP contribution in [0.4, 0.5) is 5.69 Å². The lowest BCUT2D eigenvalue weighted by Crippen LogP contribution is -2.30. The summed E-state index contributed by atoms with van der Waals surface area (Å²) in [7, 11) is 0. The Bertz CT molecular complexity index is 522. The summed E-state index contributed by atoms with van der Waals surface area (Å²) < 4.78 is 0. The second-order valence-corrected chi connectivity index (χ2v) is 5.49. The second kappa shape index (κ2) is 7.11. The highest BCUT2D eigenvalue weighted by Gasteiger charge is 2.13. The van der Waals surface area contributed by atoms with Crippen LogP contribution in [-0.4, -0.2) is 12.6 Å². The average molecular weight is 268 g/mol. The Kier molecular flexibility index (Phi) is 5.19. The fourth-order valence-electron chi connectivity index (χ4n) is 2.53. The number of aryl methyl sites for hydroxylation is 1. The molecular weight excluding hydrogens is 244 g/mol. The van der Waals surface area contributed by atoms with E-state index in [0.29, 0.717) is 18.5 Å². The SMILES string of the molecule is Cc1cccc(NC(CN)CC(C)c2ccccc2)c1. The largest absolute Gasteiger partial charge is 0.381 e. The van der Waals surface area contributed by atoms with Gasteiger partial charge in [-0.25, -0.2) is 0 Å². The summed E-state index contributed by atoms with van der Waals surface area (Å²) in [6.07, 6.45) is 1.04. The van der Waals surface area contributed by atoms with Crippen molar-refractivity contribution in [1.29, 1.82) is 0 Å². The standard InChI is InChI=1S/C18H24N2/c1-14-7-6-10-17(11-14)20-18(13-19)12-15(2)16-8-4-3-5-9-16/h3-11,15,18,20H,12-13,19H2,1-2H3. The molecule has 0 bridgehead atoms. The molecule has 0 aliphatic carbocycles. The van der Waals surface area contributed by atoms with Crippen molar-refractivity contribution < 1.29 is 0 Å². The molecule has 20 heavy (non-hydrogen) atoms. The number of nitrogens with one attached hydrogen (secondary N) is 1. The second-order valence-electron chi connectivity index (χ2n) is 5.49. The molecule has 2 aromatic carbocycles. The zero-order valence-corrected chi connectivity index (χ0v) is 12.3. The first kappa shape index (κ1) is 14.6. The molecule has 0 aromatic heterocycles. The average Bonchev–Trinajstić information content (AvgIpc) is 2.47. The van der Waals surface area contributed by atoms with E-state index in [2.05, 4.69) is 73.8 Å². The topological polar surface area (TPSA) is 38.0 Å². The predicted molar refractivity (Wildman–Crippen MR) is 87.1 cm³/mol. The Morgan fingerprint density at radius 3 is 2.45 bits per heavy atom. The molecule has 0 saturated carbocycles. The normalized spacial score (nSPS) is 13.8. The van der Waals surface area contributed by atoms with Crippen molar-refractivity contribution in [3.63, 3.8) is 0 Å². The maximum absolute atomic E-state index is 5.92. The van der Waals surface area contributed by atoms with Crippen molar-refractivity contribution >= 4 is 5.69 Å². The molecule has 3 N–H and O–H groups in total. The Labute approximate surface area is 122 Å². The van der Waals surface area contributed by atoms with Crippen molar-refractivity contribution in [1.82, 2.24) is 0 Å². The highest BCUT2D eigenvalue weighted by molar-refractivity contribution is 5.46. The number of rotatable bonds is 6. The first-order valence-electron chi connectivity index (χ1n) is 7.27. The highest BCUT2D eigenvalue weighted by atomic mass is 14.9. The minimum atomic E-state index is 0.298. The van der Waals surface area contributed by atoms with Crippen LogP contribution in [0.1, 0.15) is 30.4 Å². The monoisotopic (exact) mass is 268 g/mol. The third kappa shape index (κ3) is 4.10. The highest BCUT2D eigenvalue weighted by Crippen LogP contribution is 2.22. The molecule has 2 atom stereocenters. The van der Waals surface area contributed by atoms with Gasteiger partial charge in [0.2, 0.25) is 0 Å². The van der Waals surface area contributed by atoms with E-state index in [1.807, 2.05) is 0 Å². The lowest BCUT2D eigenvalue weighted by Gasteiger charge is -2.22. The van der Waals surface area contributed by atoms with Crippen LogP contribution < -0.4 is 11.1 Å². The van der Waals surface area contributed by atoms with Gasteiger partial charge in [-0.2, -0.15) is 0 Å². The molecule has 0 fully saturated rings. The Hall–Kier alpha value is -1.80. The molecule has 0 spiro atoms. The molecule has 0 saturated heterocycles. The van der Waals surface area contributed by atoms with Gasteiger partial charge in [0.25, 0.3) is 0 Å². The molecular formula is C18H24N2. The zero-order chi connectivity index (χ0) is 14.4. The van der Waals surface area contributed by atoms with Gasteiger partial charge in [0.1, 0.15) is 0 Å². The Morgan fingerprint density at radius 2 is 1.80 bits per heavy atom. The van der Waals surface area contributed by atoms with E-state index in [-0.39, 0.29) is 0 Å². The van der Waals surface area contributed by atoms with Crippen LogP contribution in [0.25, 0.3) is 0 Å². The van der Waals surface area contributed by atoms with Crippen LogP contribution in [0.15, 0.2) is 54.6 Å². The summed E-state index contributed by atoms with van der Waals surface area (Å²) in [5, 5.41) is 3.55. The van der Waals surface area contributed by atoms with E-state index in [0.717, 1.165) is 12.1 Å². The molecule has 2 unspecified atom stereocenters. The van der Waals surface area contributed by atoms with Crippen LogP contribution in [0.2, 0.25) is 0 Å². The summed E-state index contributed by atoms with van der Waals surface area (Å²) >= 11 is 0. The summed E-state index contributed by atoms with van der Waals surface area (Å²) in [4.78, 5) is 0. The van der Waals surface area contributed by atoms with Crippen molar-refractivity contribution in [2.75, 3.05) is 11.9 Å². The predicted octanol–water partition coefficient (Wildman–Crippen LogP) is 3.93. The third-order valence-electron chi connectivity index (χ3n) is 3.68. The Balaban J connectivity index is 1.99. The van der Waals surface area contributed by atoms with Gasteiger partial charge in [0.05, 0.1) is 0 Å². The fourth-order valence-corrected chi connectivity index (χ4v) is 2.53. The zero-order valence-electron chi connectivity index (χ0n) is 12.3. The molecule has 106 valence electrons. The number of nitrogens with two attached hydrogens (primary N) is 1. The first-order valence-corrected chi connectivity index (χ1v) is 7.27. The fraction of sp³-hybridized carbons (Fsp3) is 0.333. The lowest BCUT2D eigenvalue weighted by molar-refractivity contribution is 0.586. The quantitative estimate of drug-likeness (QED) is 0.833. The minimum Gasteiger partial charge on any atom is -0.381 e.